The molecule has 0 radical (unpaired) electrons. The minimum absolute atomic E-state index is 0.0122. The molecule has 1 amide bonds. The molecule has 9 heteroatoms. The Morgan fingerprint density at radius 3 is 2.53 bits per heavy atom. The summed E-state index contributed by atoms with van der Waals surface area (Å²) >= 11 is 0. The van der Waals surface area contributed by atoms with Gasteiger partial charge in [0.05, 0.1) is 28.4 Å². The van der Waals surface area contributed by atoms with Crippen molar-refractivity contribution in [3.63, 3.8) is 0 Å². The summed E-state index contributed by atoms with van der Waals surface area (Å²) in [5, 5.41) is 3.40. The van der Waals surface area contributed by atoms with E-state index in [0.29, 0.717) is 34.1 Å². The van der Waals surface area contributed by atoms with Crippen LogP contribution in [-0.4, -0.2) is 15.5 Å². The van der Waals surface area contributed by atoms with Gasteiger partial charge in [-0.3, -0.25) is 19.1 Å². The molecule has 36 heavy (non-hydrogen) atoms. The number of amides is 1. The van der Waals surface area contributed by atoms with Gasteiger partial charge in [0.1, 0.15) is 6.17 Å². The highest BCUT2D eigenvalue weighted by Gasteiger charge is 2.32. The molecule has 2 atom stereocenters. The van der Waals surface area contributed by atoms with Crippen LogP contribution in [0.1, 0.15) is 58.3 Å². The highest BCUT2D eigenvalue weighted by molar-refractivity contribution is 5.99. The molecule has 1 N–H and O–H groups in total. The van der Waals surface area contributed by atoms with E-state index >= 15 is 0 Å². The number of fused-ring (bicyclic) bond motifs is 3. The molecule has 4 aromatic rings. The molecule has 1 aliphatic rings. The van der Waals surface area contributed by atoms with Crippen molar-refractivity contribution < 1.29 is 22.4 Å². The Balaban J connectivity index is 1.61. The molecule has 184 valence electrons. The molecule has 0 spiro atoms. The third-order valence-electron chi connectivity index (χ3n) is 6.48. The summed E-state index contributed by atoms with van der Waals surface area (Å²) in [5.41, 5.74) is 0.622. The smallest absolute Gasteiger partial charge is 0.344 e. The van der Waals surface area contributed by atoms with Gasteiger partial charge < -0.3 is 5.32 Å². The van der Waals surface area contributed by atoms with Crippen LogP contribution in [0.3, 0.4) is 0 Å². The molecule has 0 aliphatic heterocycles. The van der Waals surface area contributed by atoms with Crippen molar-refractivity contribution >= 4 is 16.8 Å². The van der Waals surface area contributed by atoms with Crippen LogP contribution in [-0.2, 0) is 12.6 Å². The summed E-state index contributed by atoms with van der Waals surface area (Å²) in [5.74, 6) is -0.370. The zero-order chi connectivity index (χ0) is 25.6. The van der Waals surface area contributed by atoms with Crippen molar-refractivity contribution in [3.8, 4) is 5.69 Å². The molecular weight excluding hydrogens is 474 g/mol. The molecule has 0 saturated heterocycles. The molecular formula is C27H21F4N3O2. The maximum atomic E-state index is 14.8. The SMILES string of the molecule is C[C@H](NC(=O)c1ccc2c(c1)c1c(c(=O)n2-c2ccc(C(F)(F)F)cc2)C(F)CC1)c1ccccn1. The van der Waals surface area contributed by atoms with Crippen LogP contribution in [0.5, 0.6) is 0 Å². The molecule has 2 aromatic heterocycles. The fourth-order valence-corrected chi connectivity index (χ4v) is 4.67. The summed E-state index contributed by atoms with van der Waals surface area (Å²) in [7, 11) is 0. The van der Waals surface area contributed by atoms with Gasteiger partial charge in [0.2, 0.25) is 0 Å². The summed E-state index contributed by atoms with van der Waals surface area (Å²) < 4.78 is 55.1. The van der Waals surface area contributed by atoms with Crippen molar-refractivity contribution in [2.45, 2.75) is 38.2 Å². The van der Waals surface area contributed by atoms with Gasteiger partial charge in [-0.2, -0.15) is 13.2 Å². The monoisotopic (exact) mass is 495 g/mol. The highest BCUT2D eigenvalue weighted by atomic mass is 19.4. The van der Waals surface area contributed by atoms with Crippen molar-refractivity contribution in [2.75, 3.05) is 0 Å². The van der Waals surface area contributed by atoms with E-state index < -0.39 is 23.5 Å². The second-order valence-electron chi connectivity index (χ2n) is 8.77. The second kappa shape index (κ2) is 8.89. The van der Waals surface area contributed by atoms with Gasteiger partial charge >= 0.3 is 6.18 Å². The standard InChI is InChI=1S/C27H21F4N3O2/c1-15(22-4-2-3-13-32-22)33-25(35)16-5-12-23-20(14-16)19-10-11-21(28)24(19)26(36)34(23)18-8-6-17(7-9-18)27(29,30)31/h2-9,12-15,21H,10-11H2,1H3,(H,33,35)/t15-,21?/m0/s1. The van der Waals surface area contributed by atoms with Crippen molar-refractivity contribution in [2.24, 2.45) is 0 Å². The Bertz CT molecular complexity index is 1510. The predicted molar refractivity (Wildman–Crippen MR) is 127 cm³/mol. The first-order chi connectivity index (χ1) is 17.1. The zero-order valence-corrected chi connectivity index (χ0v) is 19.1. The normalized spacial score (nSPS) is 16.1. The lowest BCUT2D eigenvalue weighted by molar-refractivity contribution is -0.137. The topological polar surface area (TPSA) is 64.0 Å². The number of hydrogen-bond acceptors (Lipinski definition) is 3. The van der Waals surface area contributed by atoms with Crippen LogP contribution in [0.25, 0.3) is 16.6 Å². The van der Waals surface area contributed by atoms with E-state index in [1.54, 1.807) is 37.4 Å². The first-order valence-corrected chi connectivity index (χ1v) is 11.4. The minimum atomic E-state index is -4.53. The Labute approximate surface area is 203 Å². The number of alkyl halides is 4. The van der Waals surface area contributed by atoms with E-state index in [1.807, 2.05) is 6.07 Å². The summed E-state index contributed by atoms with van der Waals surface area (Å²) in [6.07, 6.45) is -3.93. The quantitative estimate of drug-likeness (QED) is 0.361. The number of hydrogen-bond donors (Lipinski definition) is 1. The van der Waals surface area contributed by atoms with E-state index in [9.17, 15) is 27.2 Å². The first-order valence-electron chi connectivity index (χ1n) is 11.4. The van der Waals surface area contributed by atoms with E-state index in [1.165, 1.54) is 22.8 Å². The number of aryl methyl sites for hydroxylation is 1. The molecule has 5 rings (SSSR count). The summed E-state index contributed by atoms with van der Waals surface area (Å²) in [4.78, 5) is 30.5. The van der Waals surface area contributed by atoms with E-state index in [2.05, 4.69) is 10.3 Å². The molecule has 0 bridgehead atoms. The minimum Gasteiger partial charge on any atom is -0.344 e. The Hall–Kier alpha value is -4.01. The zero-order valence-electron chi connectivity index (χ0n) is 19.1. The number of nitrogens with zero attached hydrogens (tertiary/aromatic N) is 2. The average Bonchev–Trinajstić information content (AvgIpc) is 3.26. The lowest BCUT2D eigenvalue weighted by Crippen LogP contribution is -2.27. The fourth-order valence-electron chi connectivity index (χ4n) is 4.67. The van der Waals surface area contributed by atoms with Crippen LogP contribution < -0.4 is 10.9 Å². The number of aromatic nitrogens is 2. The molecule has 1 unspecified atom stereocenters. The van der Waals surface area contributed by atoms with Gasteiger partial charge in [-0.05, 0) is 79.9 Å². The summed E-state index contributed by atoms with van der Waals surface area (Å²) in [6.45, 7) is 1.80. The third-order valence-corrected chi connectivity index (χ3v) is 6.48. The maximum Gasteiger partial charge on any atom is 0.416 e. The molecule has 0 fully saturated rings. The van der Waals surface area contributed by atoms with Gasteiger partial charge in [0.25, 0.3) is 11.5 Å². The van der Waals surface area contributed by atoms with Gasteiger partial charge in [-0.1, -0.05) is 6.07 Å². The summed E-state index contributed by atoms with van der Waals surface area (Å²) in [6, 6.07) is 13.9. The predicted octanol–water partition coefficient (Wildman–Crippen LogP) is 5.85. The molecule has 0 saturated carbocycles. The van der Waals surface area contributed by atoms with E-state index in [0.717, 1.165) is 12.1 Å². The number of rotatable bonds is 4. The first kappa shape index (κ1) is 23.7. The molecule has 5 nitrogen and oxygen atoms in total. The second-order valence-corrected chi connectivity index (χ2v) is 8.77. The fraction of sp³-hybridized carbons (Fsp3) is 0.222. The molecule has 2 aromatic carbocycles. The van der Waals surface area contributed by atoms with Crippen LogP contribution in [0, 0.1) is 0 Å². The van der Waals surface area contributed by atoms with Gasteiger partial charge in [-0.15, -0.1) is 0 Å². The average molecular weight is 495 g/mol. The van der Waals surface area contributed by atoms with Crippen LogP contribution in [0.4, 0.5) is 17.6 Å². The maximum absolute atomic E-state index is 14.8. The number of carbonyl (C=O) groups excluding carboxylic acids is 1. The number of pyridine rings is 2. The van der Waals surface area contributed by atoms with Crippen LogP contribution >= 0.6 is 0 Å². The molecule has 2 heterocycles. The van der Waals surface area contributed by atoms with Crippen LogP contribution in [0.15, 0.2) is 71.7 Å². The van der Waals surface area contributed by atoms with E-state index in [-0.39, 0.29) is 29.6 Å². The lowest BCUT2D eigenvalue weighted by Gasteiger charge is -2.17. The van der Waals surface area contributed by atoms with Gasteiger partial charge in [0.15, 0.2) is 0 Å². The van der Waals surface area contributed by atoms with Crippen molar-refractivity contribution in [1.82, 2.24) is 14.9 Å². The van der Waals surface area contributed by atoms with E-state index in [4.69, 9.17) is 0 Å². The third kappa shape index (κ3) is 4.14. The Morgan fingerprint density at radius 2 is 1.86 bits per heavy atom. The number of benzene rings is 2. The lowest BCUT2D eigenvalue weighted by atomic mass is 10.0. The Morgan fingerprint density at radius 1 is 1.11 bits per heavy atom. The number of halogens is 4. The Kier molecular flexibility index (Phi) is 5.86. The van der Waals surface area contributed by atoms with Crippen LogP contribution in [0.2, 0.25) is 0 Å². The highest BCUT2D eigenvalue weighted by Crippen LogP contribution is 2.37. The van der Waals surface area contributed by atoms with Gasteiger partial charge in [-0.25, -0.2) is 4.39 Å². The van der Waals surface area contributed by atoms with Crippen molar-refractivity contribution in [1.29, 1.82) is 0 Å². The number of nitrogens with one attached hydrogen (secondary N) is 1. The number of carbonyl (C=O) groups is 1. The van der Waals surface area contributed by atoms with Crippen molar-refractivity contribution in [3.05, 3.63) is 105 Å². The largest absolute Gasteiger partial charge is 0.416 e. The molecule has 1 aliphatic carbocycles. The van der Waals surface area contributed by atoms with Gasteiger partial charge in [0, 0.05) is 22.8 Å².